The van der Waals surface area contributed by atoms with Crippen LogP contribution in [0.25, 0.3) is 0 Å². The third-order valence-electron chi connectivity index (χ3n) is 4.65. The first-order valence-electron chi connectivity index (χ1n) is 8.81. The first-order chi connectivity index (χ1) is 11.5. The predicted molar refractivity (Wildman–Crippen MR) is 93.5 cm³/mol. The van der Waals surface area contributed by atoms with Gasteiger partial charge in [-0.3, -0.25) is 4.79 Å². The van der Waals surface area contributed by atoms with Crippen molar-refractivity contribution in [3.63, 3.8) is 0 Å². The summed E-state index contributed by atoms with van der Waals surface area (Å²) in [6.07, 6.45) is 4.57. The van der Waals surface area contributed by atoms with Crippen LogP contribution in [0.5, 0.6) is 0 Å². The van der Waals surface area contributed by atoms with E-state index in [0.29, 0.717) is 5.92 Å². The molecule has 1 amide bonds. The number of rotatable bonds is 5. The molecule has 0 spiro atoms. The zero-order valence-electron chi connectivity index (χ0n) is 14.7. The van der Waals surface area contributed by atoms with E-state index in [1.54, 1.807) is 6.33 Å². The Morgan fingerprint density at radius 2 is 2.04 bits per heavy atom. The molecule has 1 N–H and O–H groups in total. The van der Waals surface area contributed by atoms with Crippen molar-refractivity contribution < 1.29 is 4.79 Å². The molecule has 0 fully saturated rings. The van der Waals surface area contributed by atoms with Crippen LogP contribution in [0, 0.1) is 5.92 Å². The Bertz CT molecular complexity index is 690. The molecule has 1 aromatic heterocycles. The van der Waals surface area contributed by atoms with E-state index in [2.05, 4.69) is 53.5 Å². The van der Waals surface area contributed by atoms with E-state index in [-0.39, 0.29) is 17.9 Å². The molecule has 1 aliphatic heterocycles. The van der Waals surface area contributed by atoms with E-state index in [1.807, 2.05) is 11.6 Å². The van der Waals surface area contributed by atoms with Gasteiger partial charge in [-0.05, 0) is 43.2 Å². The number of nitrogens with zero attached hydrogens (tertiary/aromatic N) is 3. The molecule has 2 atom stereocenters. The summed E-state index contributed by atoms with van der Waals surface area (Å²) >= 11 is 0. The molecule has 1 unspecified atom stereocenters. The quantitative estimate of drug-likeness (QED) is 0.917. The van der Waals surface area contributed by atoms with Crippen LogP contribution < -0.4 is 5.32 Å². The monoisotopic (exact) mass is 326 g/mol. The van der Waals surface area contributed by atoms with Crippen LogP contribution in [0.1, 0.15) is 62.5 Å². The van der Waals surface area contributed by atoms with Gasteiger partial charge in [0.2, 0.25) is 5.91 Å². The van der Waals surface area contributed by atoms with Crippen molar-refractivity contribution in [3.8, 4) is 0 Å². The van der Waals surface area contributed by atoms with Crippen LogP contribution in [0.2, 0.25) is 0 Å². The topological polar surface area (TPSA) is 59.8 Å². The first-order valence-corrected chi connectivity index (χ1v) is 8.81. The number of fused-ring (bicyclic) bond motifs is 1. The highest BCUT2D eigenvalue weighted by atomic mass is 16.1. The zero-order valence-corrected chi connectivity index (χ0v) is 14.7. The molecule has 2 heterocycles. The minimum Gasteiger partial charge on any atom is -0.346 e. The van der Waals surface area contributed by atoms with E-state index < -0.39 is 0 Å². The number of benzene rings is 1. The Morgan fingerprint density at radius 1 is 1.29 bits per heavy atom. The minimum absolute atomic E-state index is 0.0311. The van der Waals surface area contributed by atoms with Gasteiger partial charge in [0.1, 0.15) is 12.2 Å². The lowest BCUT2D eigenvalue weighted by atomic mass is 9.95. The second-order valence-corrected chi connectivity index (χ2v) is 7.11. The Hall–Kier alpha value is -2.17. The summed E-state index contributed by atoms with van der Waals surface area (Å²) in [5.41, 5.74) is 2.37. The van der Waals surface area contributed by atoms with Crippen molar-refractivity contribution in [2.45, 2.75) is 58.5 Å². The van der Waals surface area contributed by atoms with Gasteiger partial charge in [-0.25, -0.2) is 9.67 Å². The van der Waals surface area contributed by atoms with Gasteiger partial charge in [-0.2, -0.15) is 5.10 Å². The molecular weight excluding hydrogens is 300 g/mol. The van der Waals surface area contributed by atoms with Gasteiger partial charge in [-0.1, -0.05) is 38.1 Å². The zero-order chi connectivity index (χ0) is 17.1. The highest BCUT2D eigenvalue weighted by Gasteiger charge is 2.26. The Kier molecular flexibility index (Phi) is 4.97. The summed E-state index contributed by atoms with van der Waals surface area (Å²) in [7, 11) is 0. The third-order valence-corrected chi connectivity index (χ3v) is 4.65. The molecule has 1 aromatic carbocycles. The van der Waals surface area contributed by atoms with Crippen LogP contribution in [0.4, 0.5) is 0 Å². The van der Waals surface area contributed by atoms with Gasteiger partial charge in [-0.15, -0.1) is 0 Å². The number of carbonyl (C=O) groups is 1. The predicted octanol–water partition coefficient (Wildman–Crippen LogP) is 3.23. The van der Waals surface area contributed by atoms with Crippen LogP contribution in [-0.2, 0) is 17.8 Å². The van der Waals surface area contributed by atoms with E-state index >= 15 is 0 Å². The second kappa shape index (κ2) is 7.16. The SMILES string of the molecule is CC(C)Cc1ccc([C@H](C)C(=O)NC2CCCn3ncnc32)cc1. The van der Waals surface area contributed by atoms with E-state index in [9.17, 15) is 4.79 Å². The van der Waals surface area contributed by atoms with E-state index in [4.69, 9.17) is 0 Å². The van der Waals surface area contributed by atoms with Crippen molar-refractivity contribution in [1.82, 2.24) is 20.1 Å². The maximum Gasteiger partial charge on any atom is 0.227 e. The lowest BCUT2D eigenvalue weighted by Crippen LogP contribution is -2.35. The van der Waals surface area contributed by atoms with Gasteiger partial charge in [0.25, 0.3) is 0 Å². The normalized spacial score (nSPS) is 18.2. The third kappa shape index (κ3) is 3.66. The van der Waals surface area contributed by atoms with E-state index in [1.165, 1.54) is 5.56 Å². The Morgan fingerprint density at radius 3 is 2.75 bits per heavy atom. The molecule has 0 aliphatic carbocycles. The maximum atomic E-state index is 12.6. The fraction of sp³-hybridized carbons (Fsp3) is 0.526. The Balaban J connectivity index is 1.65. The fourth-order valence-corrected chi connectivity index (χ4v) is 3.29. The second-order valence-electron chi connectivity index (χ2n) is 7.11. The summed E-state index contributed by atoms with van der Waals surface area (Å²) in [5.74, 6) is 1.39. The van der Waals surface area contributed by atoms with Crippen molar-refractivity contribution in [1.29, 1.82) is 0 Å². The molecule has 0 bridgehead atoms. The average Bonchev–Trinajstić information content (AvgIpc) is 3.04. The molecule has 24 heavy (non-hydrogen) atoms. The summed E-state index contributed by atoms with van der Waals surface area (Å²) in [4.78, 5) is 16.9. The van der Waals surface area contributed by atoms with Crippen molar-refractivity contribution in [2.24, 2.45) is 5.92 Å². The number of hydrogen-bond acceptors (Lipinski definition) is 3. The molecule has 1 aliphatic rings. The largest absolute Gasteiger partial charge is 0.346 e. The maximum absolute atomic E-state index is 12.6. The lowest BCUT2D eigenvalue weighted by Gasteiger charge is -2.24. The van der Waals surface area contributed by atoms with Crippen LogP contribution in [0.15, 0.2) is 30.6 Å². The molecule has 0 radical (unpaired) electrons. The molecule has 5 nitrogen and oxygen atoms in total. The number of aromatic nitrogens is 3. The molecule has 3 rings (SSSR count). The summed E-state index contributed by atoms with van der Waals surface area (Å²) in [6, 6.07) is 8.39. The minimum atomic E-state index is -0.170. The van der Waals surface area contributed by atoms with Gasteiger partial charge in [0.05, 0.1) is 12.0 Å². The number of nitrogens with one attached hydrogen (secondary N) is 1. The number of amides is 1. The van der Waals surface area contributed by atoms with Gasteiger partial charge >= 0.3 is 0 Å². The first kappa shape index (κ1) is 16.7. The Labute approximate surface area is 143 Å². The van der Waals surface area contributed by atoms with E-state index in [0.717, 1.165) is 37.2 Å². The smallest absolute Gasteiger partial charge is 0.227 e. The standard InChI is InChI=1S/C19H26N4O/c1-13(2)11-15-6-8-16(9-7-15)14(3)19(24)22-17-5-4-10-23-18(17)20-12-21-23/h6-9,12-14,17H,4-5,10-11H2,1-3H3,(H,22,24)/t14-,17?/m0/s1. The molecular formula is C19H26N4O. The molecule has 5 heteroatoms. The molecule has 0 saturated carbocycles. The van der Waals surface area contributed by atoms with Gasteiger partial charge in [0, 0.05) is 6.54 Å². The summed E-state index contributed by atoms with van der Waals surface area (Å²) in [5, 5.41) is 7.35. The van der Waals surface area contributed by atoms with Crippen LogP contribution in [0.3, 0.4) is 0 Å². The van der Waals surface area contributed by atoms with Crippen molar-refractivity contribution >= 4 is 5.91 Å². The lowest BCUT2D eigenvalue weighted by molar-refractivity contribution is -0.123. The van der Waals surface area contributed by atoms with Gasteiger partial charge < -0.3 is 5.32 Å². The molecule has 128 valence electrons. The van der Waals surface area contributed by atoms with Crippen molar-refractivity contribution in [3.05, 3.63) is 47.5 Å². The molecule has 0 saturated heterocycles. The summed E-state index contributed by atoms with van der Waals surface area (Å²) < 4.78 is 1.89. The highest BCUT2D eigenvalue weighted by molar-refractivity contribution is 5.83. The number of carbonyl (C=O) groups excluding carboxylic acids is 1. The highest BCUT2D eigenvalue weighted by Crippen LogP contribution is 2.24. The van der Waals surface area contributed by atoms with Crippen LogP contribution in [-0.4, -0.2) is 20.7 Å². The van der Waals surface area contributed by atoms with Crippen LogP contribution >= 0.6 is 0 Å². The number of aryl methyl sites for hydroxylation is 1. The summed E-state index contributed by atoms with van der Waals surface area (Å²) in [6.45, 7) is 7.27. The average molecular weight is 326 g/mol. The van der Waals surface area contributed by atoms with Crippen molar-refractivity contribution in [2.75, 3.05) is 0 Å². The fourth-order valence-electron chi connectivity index (χ4n) is 3.29. The number of hydrogen-bond donors (Lipinski definition) is 1. The molecule has 2 aromatic rings. The van der Waals surface area contributed by atoms with Gasteiger partial charge in [0.15, 0.2) is 0 Å².